The van der Waals surface area contributed by atoms with E-state index in [0.29, 0.717) is 0 Å². The molecule has 10 heteroatoms. The van der Waals surface area contributed by atoms with Crippen molar-refractivity contribution in [3.63, 3.8) is 0 Å². The van der Waals surface area contributed by atoms with Crippen molar-refractivity contribution in [1.82, 2.24) is 10.0 Å². The van der Waals surface area contributed by atoms with E-state index >= 15 is 0 Å². The molecule has 0 aliphatic carbocycles. The molecule has 1 aromatic carbocycles. The molecule has 0 saturated heterocycles. The molecule has 0 atom stereocenters. The van der Waals surface area contributed by atoms with Crippen molar-refractivity contribution in [3.05, 3.63) is 40.0 Å². The number of sulfonamides is 1. The Labute approximate surface area is 140 Å². The number of halogens is 1. The van der Waals surface area contributed by atoms with Crippen LogP contribution in [0.2, 0.25) is 0 Å². The normalized spacial score (nSPS) is 14.6. The van der Waals surface area contributed by atoms with Gasteiger partial charge >= 0.3 is 5.69 Å². The number of nitro groups is 1. The van der Waals surface area contributed by atoms with Gasteiger partial charge < -0.3 is 10.1 Å². The minimum absolute atomic E-state index is 0. The van der Waals surface area contributed by atoms with Gasteiger partial charge in [-0.15, -0.1) is 12.4 Å². The van der Waals surface area contributed by atoms with Crippen molar-refractivity contribution in [2.24, 2.45) is 0 Å². The van der Waals surface area contributed by atoms with Crippen molar-refractivity contribution in [3.8, 4) is 5.75 Å². The third kappa shape index (κ3) is 4.90. The molecule has 0 unspecified atom stereocenters. The fraction of sp³-hybridized carbons (Fsp3) is 0.385. The number of methoxy groups -OCH3 is 1. The van der Waals surface area contributed by atoms with Gasteiger partial charge in [-0.2, -0.15) is 0 Å². The quantitative estimate of drug-likeness (QED) is 0.446. The molecule has 0 amide bonds. The summed E-state index contributed by atoms with van der Waals surface area (Å²) in [6.45, 7) is 1.77. The van der Waals surface area contributed by atoms with Gasteiger partial charge in [0, 0.05) is 25.2 Å². The van der Waals surface area contributed by atoms with Crippen molar-refractivity contribution < 1.29 is 18.1 Å². The van der Waals surface area contributed by atoms with Crippen molar-refractivity contribution >= 4 is 28.1 Å². The van der Waals surface area contributed by atoms with E-state index in [9.17, 15) is 18.5 Å². The van der Waals surface area contributed by atoms with Crippen molar-refractivity contribution in [2.75, 3.05) is 26.7 Å². The number of nitro benzene ring substituents is 1. The molecule has 0 radical (unpaired) electrons. The summed E-state index contributed by atoms with van der Waals surface area (Å²) in [6, 6.07) is 3.47. The maximum absolute atomic E-state index is 12.2. The molecule has 1 heterocycles. The molecule has 1 aromatic rings. The molecule has 0 fully saturated rings. The van der Waals surface area contributed by atoms with Crippen LogP contribution in [0.5, 0.6) is 5.75 Å². The average molecular weight is 364 g/mol. The summed E-state index contributed by atoms with van der Waals surface area (Å²) in [7, 11) is -2.49. The van der Waals surface area contributed by atoms with E-state index in [0.717, 1.165) is 37.2 Å². The van der Waals surface area contributed by atoms with Crippen molar-refractivity contribution in [2.45, 2.75) is 11.3 Å². The van der Waals surface area contributed by atoms with Crippen LogP contribution in [0, 0.1) is 10.1 Å². The van der Waals surface area contributed by atoms with Gasteiger partial charge in [-0.25, -0.2) is 13.1 Å². The number of nitrogens with zero attached hydrogens (tertiary/aromatic N) is 1. The second-order valence-electron chi connectivity index (χ2n) is 4.73. The number of ether oxygens (including phenoxy) is 1. The zero-order valence-electron chi connectivity index (χ0n) is 12.4. The minimum atomic E-state index is -3.75. The van der Waals surface area contributed by atoms with Crippen LogP contribution >= 0.6 is 12.4 Å². The summed E-state index contributed by atoms with van der Waals surface area (Å²) in [6.07, 6.45) is 2.73. The maximum atomic E-state index is 12.2. The third-order valence-corrected chi connectivity index (χ3v) is 4.70. The Hall–Kier alpha value is -1.68. The molecule has 0 saturated carbocycles. The summed E-state index contributed by atoms with van der Waals surface area (Å²) < 4.78 is 31.9. The first kappa shape index (κ1) is 19.4. The predicted octanol–water partition coefficient (Wildman–Crippen LogP) is 1.22. The van der Waals surface area contributed by atoms with Crippen LogP contribution in [0.4, 0.5) is 5.69 Å². The lowest BCUT2D eigenvalue weighted by Crippen LogP contribution is -2.29. The van der Waals surface area contributed by atoms with E-state index < -0.39 is 14.9 Å². The average Bonchev–Trinajstić information content (AvgIpc) is 2.53. The molecular formula is C13H18ClN3O5S. The molecular weight excluding hydrogens is 346 g/mol. The smallest absolute Gasteiger partial charge is 0.310 e. The monoisotopic (exact) mass is 363 g/mol. The van der Waals surface area contributed by atoms with Crippen LogP contribution in [0.25, 0.3) is 0 Å². The van der Waals surface area contributed by atoms with Gasteiger partial charge in [-0.1, -0.05) is 11.6 Å². The first-order chi connectivity index (χ1) is 10.4. The topological polar surface area (TPSA) is 111 Å². The molecule has 2 rings (SSSR count). The summed E-state index contributed by atoms with van der Waals surface area (Å²) in [5.74, 6) is -0.0889. The van der Waals surface area contributed by atoms with Crippen molar-refractivity contribution in [1.29, 1.82) is 0 Å². The van der Waals surface area contributed by atoms with Gasteiger partial charge in [0.1, 0.15) is 0 Å². The molecule has 0 aromatic heterocycles. The van der Waals surface area contributed by atoms with E-state index in [1.807, 2.05) is 6.08 Å². The molecule has 1 aliphatic heterocycles. The molecule has 0 spiro atoms. The zero-order chi connectivity index (χ0) is 16.2. The van der Waals surface area contributed by atoms with Gasteiger partial charge in [0.2, 0.25) is 10.0 Å². The Bertz CT molecular complexity index is 706. The van der Waals surface area contributed by atoms with Gasteiger partial charge in [0.25, 0.3) is 0 Å². The Morgan fingerprint density at radius 2 is 2.17 bits per heavy atom. The lowest BCUT2D eigenvalue weighted by molar-refractivity contribution is -0.385. The molecule has 2 N–H and O–H groups in total. The van der Waals surface area contributed by atoms with Crippen LogP contribution in [0.15, 0.2) is 34.7 Å². The lowest BCUT2D eigenvalue weighted by Gasteiger charge is -2.15. The first-order valence-electron chi connectivity index (χ1n) is 6.65. The molecule has 0 bridgehead atoms. The van der Waals surface area contributed by atoms with Gasteiger partial charge in [-0.3, -0.25) is 10.1 Å². The SMILES string of the molecule is COc1cc(S(=O)(=O)NCC2=CCNCC2)ccc1[N+](=O)[O-].Cl. The standard InChI is InChI=1S/C13H17N3O5S.ClH/c1-21-13-8-11(2-3-12(13)16(17)18)22(19,20)15-9-10-4-6-14-7-5-10;/h2-4,8,14-15H,5-7,9H2,1H3;1H. The van der Waals surface area contributed by atoms with Gasteiger partial charge in [-0.05, 0) is 19.0 Å². The summed E-state index contributed by atoms with van der Waals surface area (Å²) in [5.41, 5.74) is 0.735. The highest BCUT2D eigenvalue weighted by molar-refractivity contribution is 7.89. The van der Waals surface area contributed by atoms with Crippen LogP contribution in [-0.4, -0.2) is 40.1 Å². The zero-order valence-corrected chi connectivity index (χ0v) is 14.1. The number of nitrogens with one attached hydrogen (secondary N) is 2. The van der Waals surface area contributed by atoms with Crippen LogP contribution in [0.3, 0.4) is 0 Å². The third-order valence-electron chi connectivity index (χ3n) is 3.31. The van der Waals surface area contributed by atoms with Crippen LogP contribution in [-0.2, 0) is 10.0 Å². The van der Waals surface area contributed by atoms with Gasteiger partial charge in [0.15, 0.2) is 5.75 Å². The summed E-state index contributed by atoms with van der Waals surface area (Å²) in [5, 5.41) is 14.0. The predicted molar refractivity (Wildman–Crippen MR) is 87.7 cm³/mol. The van der Waals surface area contributed by atoms with Gasteiger partial charge in [0.05, 0.1) is 16.9 Å². The van der Waals surface area contributed by atoms with E-state index in [4.69, 9.17) is 4.74 Å². The highest BCUT2D eigenvalue weighted by atomic mass is 35.5. The van der Waals surface area contributed by atoms with Crippen LogP contribution in [0.1, 0.15) is 6.42 Å². The number of hydrogen-bond acceptors (Lipinski definition) is 6. The largest absolute Gasteiger partial charge is 0.490 e. The highest BCUT2D eigenvalue weighted by Crippen LogP contribution is 2.29. The minimum Gasteiger partial charge on any atom is -0.490 e. The molecule has 1 aliphatic rings. The second kappa shape index (κ2) is 8.25. The number of benzene rings is 1. The lowest BCUT2D eigenvalue weighted by atomic mass is 10.1. The van der Waals surface area contributed by atoms with E-state index in [1.54, 1.807) is 0 Å². The van der Waals surface area contributed by atoms with E-state index in [2.05, 4.69) is 10.0 Å². The first-order valence-corrected chi connectivity index (χ1v) is 8.13. The highest BCUT2D eigenvalue weighted by Gasteiger charge is 2.21. The van der Waals surface area contributed by atoms with E-state index in [1.165, 1.54) is 13.2 Å². The fourth-order valence-electron chi connectivity index (χ4n) is 2.08. The fourth-order valence-corrected chi connectivity index (χ4v) is 3.13. The Balaban J connectivity index is 0.00000264. The second-order valence-corrected chi connectivity index (χ2v) is 6.50. The maximum Gasteiger partial charge on any atom is 0.310 e. The Morgan fingerprint density at radius 3 is 2.74 bits per heavy atom. The summed E-state index contributed by atoms with van der Waals surface area (Å²) in [4.78, 5) is 10.1. The molecule has 128 valence electrons. The molecule has 23 heavy (non-hydrogen) atoms. The number of rotatable bonds is 6. The number of hydrogen-bond donors (Lipinski definition) is 2. The van der Waals surface area contributed by atoms with E-state index in [-0.39, 0.29) is 35.3 Å². The summed E-state index contributed by atoms with van der Waals surface area (Å²) >= 11 is 0. The van der Waals surface area contributed by atoms with Crippen LogP contribution < -0.4 is 14.8 Å². The molecule has 8 nitrogen and oxygen atoms in total. The Kier molecular flexibility index (Phi) is 6.95. The Morgan fingerprint density at radius 1 is 1.43 bits per heavy atom.